The highest BCUT2D eigenvalue weighted by molar-refractivity contribution is 5.96. The summed E-state index contributed by atoms with van der Waals surface area (Å²) >= 11 is 0. The number of aryl methyl sites for hydroxylation is 2. The lowest BCUT2D eigenvalue weighted by Gasteiger charge is -2.31. The second kappa shape index (κ2) is 14.2. The van der Waals surface area contributed by atoms with Crippen LogP contribution in [0, 0.1) is 35.8 Å². The first-order chi connectivity index (χ1) is 23.7. The van der Waals surface area contributed by atoms with Gasteiger partial charge in [0.2, 0.25) is 5.91 Å². The van der Waals surface area contributed by atoms with E-state index in [1.165, 1.54) is 35.4 Å². The highest BCUT2D eigenvalue weighted by Crippen LogP contribution is 2.34. The molecule has 1 aliphatic heterocycles. The van der Waals surface area contributed by atoms with Crippen molar-refractivity contribution >= 4 is 29.0 Å². The van der Waals surface area contributed by atoms with Gasteiger partial charge in [-0.3, -0.25) is 23.6 Å². The Kier molecular flexibility index (Phi) is 9.63. The average molecular weight is 667 g/mol. The number of hydrogen-bond acceptors (Lipinski definition) is 8. The lowest BCUT2D eigenvalue weighted by molar-refractivity contribution is -0.119. The molecule has 1 saturated heterocycles. The Bertz CT molecular complexity index is 2070. The van der Waals surface area contributed by atoms with Crippen LogP contribution >= 0.6 is 0 Å². The third kappa shape index (κ3) is 6.97. The molecular formula is C35H36F2N10O2. The summed E-state index contributed by atoms with van der Waals surface area (Å²) in [5.41, 5.74) is 9.12. The standard InChI is InChI=1S/C35H36F2N10O2/c1-3-23-16-24(4-5-25(23)35(49)42-17-22-8-12-45(13-9-22)20-30(39)48)43-33-34-41-18-29(47(34)15-11-40-33)27-7-6-26(31(36)32(27)37)28-19-46(14-10-38)44-21(28)2/h4-7,11,15-16,18-19,22H,3,8-9,12-14,17,20H2,1-2H3,(H2,39,48)(H,40,43)(H,42,49). The van der Waals surface area contributed by atoms with E-state index in [0.29, 0.717) is 58.6 Å². The monoisotopic (exact) mass is 666 g/mol. The fourth-order valence-electron chi connectivity index (χ4n) is 6.32. The van der Waals surface area contributed by atoms with E-state index in [0.717, 1.165) is 31.5 Å². The van der Waals surface area contributed by atoms with Crippen molar-refractivity contribution in [1.82, 2.24) is 34.4 Å². The first-order valence-corrected chi connectivity index (χ1v) is 16.1. The van der Waals surface area contributed by atoms with Crippen LogP contribution in [0.2, 0.25) is 0 Å². The largest absolute Gasteiger partial charge is 0.369 e. The molecule has 2 aromatic carbocycles. The highest BCUT2D eigenvalue weighted by atomic mass is 19.2. The Morgan fingerprint density at radius 2 is 1.84 bits per heavy atom. The Hall–Kier alpha value is -5.68. The number of nitrogens with one attached hydrogen (secondary N) is 2. The number of imidazole rings is 1. The Balaban J connectivity index is 1.18. The van der Waals surface area contributed by atoms with Crippen molar-refractivity contribution < 1.29 is 18.4 Å². The molecule has 5 aromatic rings. The molecule has 6 rings (SSSR count). The average Bonchev–Trinajstić information content (AvgIpc) is 3.69. The molecule has 12 nitrogen and oxygen atoms in total. The molecule has 14 heteroatoms. The number of carbonyl (C=O) groups excluding carboxylic acids is 2. The summed E-state index contributed by atoms with van der Waals surface area (Å²) in [5, 5.41) is 19.5. The molecule has 4 heterocycles. The number of halogens is 2. The van der Waals surface area contributed by atoms with Crippen molar-refractivity contribution in [3.63, 3.8) is 0 Å². The third-order valence-electron chi connectivity index (χ3n) is 8.89. The van der Waals surface area contributed by atoms with E-state index >= 15 is 8.78 Å². The molecule has 0 spiro atoms. The number of amides is 2. The fourth-order valence-corrected chi connectivity index (χ4v) is 6.32. The maximum absolute atomic E-state index is 15.6. The van der Waals surface area contributed by atoms with E-state index in [4.69, 9.17) is 11.0 Å². The van der Waals surface area contributed by atoms with Crippen LogP contribution in [0.5, 0.6) is 0 Å². The van der Waals surface area contributed by atoms with Crippen LogP contribution in [0.15, 0.2) is 55.1 Å². The number of likely N-dealkylation sites (tertiary alicyclic amines) is 1. The molecule has 252 valence electrons. The predicted octanol–water partition coefficient (Wildman–Crippen LogP) is 4.60. The topological polar surface area (TPSA) is 159 Å². The van der Waals surface area contributed by atoms with Crippen molar-refractivity contribution in [3.05, 3.63) is 83.6 Å². The van der Waals surface area contributed by atoms with Crippen LogP contribution in [-0.2, 0) is 17.8 Å². The number of rotatable bonds is 11. The van der Waals surface area contributed by atoms with Gasteiger partial charge in [-0.25, -0.2) is 18.7 Å². The number of nitriles is 1. The number of carbonyl (C=O) groups is 2. The molecule has 4 N–H and O–H groups in total. The Labute approximate surface area is 281 Å². The van der Waals surface area contributed by atoms with Crippen molar-refractivity contribution in [2.45, 2.75) is 39.7 Å². The van der Waals surface area contributed by atoms with Crippen molar-refractivity contribution in [2.24, 2.45) is 11.7 Å². The molecule has 0 aliphatic carbocycles. The minimum Gasteiger partial charge on any atom is -0.369 e. The molecule has 0 atom stereocenters. The zero-order valence-electron chi connectivity index (χ0n) is 27.2. The second-order valence-corrected chi connectivity index (χ2v) is 12.1. The quantitative estimate of drug-likeness (QED) is 0.185. The minimum absolute atomic E-state index is 0.00330. The van der Waals surface area contributed by atoms with Crippen molar-refractivity contribution in [2.75, 3.05) is 31.5 Å². The smallest absolute Gasteiger partial charge is 0.251 e. The van der Waals surface area contributed by atoms with Gasteiger partial charge in [-0.15, -0.1) is 0 Å². The lowest BCUT2D eigenvalue weighted by Crippen LogP contribution is -2.42. The number of anilines is 2. The summed E-state index contributed by atoms with van der Waals surface area (Å²) < 4.78 is 34.1. The molecule has 0 unspecified atom stereocenters. The number of primary amides is 1. The van der Waals surface area contributed by atoms with Crippen LogP contribution < -0.4 is 16.4 Å². The van der Waals surface area contributed by atoms with Crippen LogP contribution in [0.4, 0.5) is 20.3 Å². The molecule has 0 radical (unpaired) electrons. The molecule has 49 heavy (non-hydrogen) atoms. The van der Waals surface area contributed by atoms with Gasteiger partial charge in [-0.05, 0) is 75.0 Å². The van der Waals surface area contributed by atoms with Gasteiger partial charge in [0.15, 0.2) is 23.1 Å². The SMILES string of the molecule is CCc1cc(Nc2nccn3c(-c4ccc(-c5cn(CC#N)nc5C)c(F)c4F)cnc23)ccc1C(=O)NCC1CCN(CC(N)=O)CC1. The summed E-state index contributed by atoms with van der Waals surface area (Å²) in [5.74, 6) is -1.81. The molecule has 0 saturated carbocycles. The van der Waals surface area contributed by atoms with Crippen LogP contribution in [0.1, 0.15) is 41.4 Å². The molecule has 1 aliphatic rings. The van der Waals surface area contributed by atoms with Gasteiger partial charge >= 0.3 is 0 Å². The van der Waals surface area contributed by atoms with E-state index < -0.39 is 11.6 Å². The van der Waals surface area contributed by atoms with Gasteiger partial charge in [0.1, 0.15) is 6.54 Å². The first kappa shape index (κ1) is 33.2. The molecular weight excluding hydrogens is 630 g/mol. The number of benzene rings is 2. The maximum atomic E-state index is 15.6. The van der Waals surface area contributed by atoms with Gasteiger partial charge in [-0.2, -0.15) is 10.4 Å². The number of hydrogen-bond donors (Lipinski definition) is 3. The first-order valence-electron chi connectivity index (χ1n) is 16.1. The Morgan fingerprint density at radius 1 is 1.08 bits per heavy atom. The normalized spacial score (nSPS) is 13.8. The number of nitrogens with zero attached hydrogens (tertiary/aromatic N) is 7. The summed E-state index contributed by atoms with van der Waals surface area (Å²) in [4.78, 5) is 35.3. The zero-order chi connectivity index (χ0) is 34.7. The van der Waals surface area contributed by atoms with E-state index in [-0.39, 0.29) is 36.0 Å². The fraction of sp³-hybridized carbons (Fsp3) is 0.314. The van der Waals surface area contributed by atoms with Gasteiger partial charge in [0.05, 0.1) is 30.2 Å². The third-order valence-corrected chi connectivity index (χ3v) is 8.89. The molecule has 1 fully saturated rings. The number of aromatic nitrogens is 5. The predicted molar refractivity (Wildman–Crippen MR) is 180 cm³/mol. The molecule has 3 aromatic heterocycles. The van der Waals surface area contributed by atoms with Gasteiger partial charge < -0.3 is 16.4 Å². The van der Waals surface area contributed by atoms with Crippen LogP contribution in [-0.4, -0.2) is 67.0 Å². The van der Waals surface area contributed by atoms with Crippen molar-refractivity contribution in [1.29, 1.82) is 5.26 Å². The van der Waals surface area contributed by atoms with Gasteiger partial charge in [0, 0.05) is 53.1 Å². The number of piperidine rings is 1. The summed E-state index contributed by atoms with van der Waals surface area (Å²) in [6.07, 6.45) is 8.53. The maximum Gasteiger partial charge on any atom is 0.251 e. The van der Waals surface area contributed by atoms with E-state index in [1.807, 2.05) is 24.0 Å². The van der Waals surface area contributed by atoms with E-state index in [9.17, 15) is 9.59 Å². The number of nitrogens with two attached hydrogens (primary N) is 1. The van der Waals surface area contributed by atoms with Gasteiger partial charge in [-0.1, -0.05) is 13.0 Å². The van der Waals surface area contributed by atoms with Gasteiger partial charge in [0.25, 0.3) is 5.91 Å². The molecule has 2 amide bonds. The zero-order valence-corrected chi connectivity index (χ0v) is 27.2. The Morgan fingerprint density at radius 3 is 2.57 bits per heavy atom. The summed E-state index contributed by atoms with van der Waals surface area (Å²) in [7, 11) is 0. The number of fused-ring (bicyclic) bond motifs is 1. The molecule has 0 bridgehead atoms. The summed E-state index contributed by atoms with van der Waals surface area (Å²) in [6.45, 7) is 6.02. The van der Waals surface area contributed by atoms with E-state index in [2.05, 4.69) is 25.7 Å². The second-order valence-electron chi connectivity index (χ2n) is 12.1. The summed E-state index contributed by atoms with van der Waals surface area (Å²) in [6, 6.07) is 10.4. The van der Waals surface area contributed by atoms with Crippen LogP contribution in [0.3, 0.4) is 0 Å². The minimum atomic E-state index is -1.03. The highest BCUT2D eigenvalue weighted by Gasteiger charge is 2.23. The van der Waals surface area contributed by atoms with Crippen LogP contribution in [0.25, 0.3) is 28.0 Å². The van der Waals surface area contributed by atoms with Crippen molar-refractivity contribution in [3.8, 4) is 28.5 Å². The van der Waals surface area contributed by atoms with E-state index in [1.54, 1.807) is 29.7 Å². The lowest BCUT2D eigenvalue weighted by atomic mass is 9.96.